The van der Waals surface area contributed by atoms with Crippen molar-refractivity contribution in [3.63, 3.8) is 0 Å². The maximum absolute atomic E-state index is 13.3. The molecule has 0 aliphatic heterocycles. The number of hydrogen-bond acceptors (Lipinski definition) is 5. The molecule has 0 saturated heterocycles. The van der Waals surface area contributed by atoms with Crippen LogP contribution in [0.15, 0.2) is 64.0 Å². The van der Waals surface area contributed by atoms with Gasteiger partial charge in [-0.25, -0.2) is 4.98 Å². The molecule has 0 unspecified atom stereocenters. The normalized spacial score (nSPS) is 12.0. The van der Waals surface area contributed by atoms with Gasteiger partial charge in [0.15, 0.2) is 0 Å². The van der Waals surface area contributed by atoms with E-state index >= 15 is 0 Å². The fraction of sp³-hybridized carbons (Fsp3) is 0.130. The van der Waals surface area contributed by atoms with E-state index in [9.17, 15) is 18.0 Å². The molecular formula is C23H15F3N4O2. The maximum atomic E-state index is 13.3. The Bertz CT molecular complexity index is 1550. The smallest absolute Gasteiger partial charge is 0.361 e. The number of rotatable bonds is 2. The number of nitrogens with zero attached hydrogens (tertiary/aromatic N) is 4. The number of aromatic nitrogens is 4. The Labute approximate surface area is 178 Å². The molecule has 0 saturated carbocycles. The van der Waals surface area contributed by atoms with Crippen molar-refractivity contribution in [3.05, 3.63) is 82.1 Å². The quantitative estimate of drug-likeness (QED) is 0.355. The summed E-state index contributed by atoms with van der Waals surface area (Å²) in [4.78, 5) is 22.0. The fourth-order valence-electron chi connectivity index (χ4n) is 3.84. The molecule has 32 heavy (non-hydrogen) atoms. The zero-order valence-corrected chi connectivity index (χ0v) is 16.9. The third kappa shape index (κ3) is 3.13. The highest BCUT2D eigenvalue weighted by atomic mass is 19.4. The van der Waals surface area contributed by atoms with Gasteiger partial charge < -0.3 is 4.52 Å². The van der Waals surface area contributed by atoms with Gasteiger partial charge in [-0.05, 0) is 50.2 Å². The summed E-state index contributed by atoms with van der Waals surface area (Å²) in [5.41, 5.74) is 1.95. The van der Waals surface area contributed by atoms with Gasteiger partial charge in [-0.1, -0.05) is 11.2 Å². The first-order chi connectivity index (χ1) is 15.2. The third-order valence-corrected chi connectivity index (χ3v) is 5.29. The predicted molar refractivity (Wildman–Crippen MR) is 113 cm³/mol. The van der Waals surface area contributed by atoms with Gasteiger partial charge in [0.2, 0.25) is 0 Å². The van der Waals surface area contributed by atoms with Gasteiger partial charge in [0.1, 0.15) is 11.3 Å². The molecule has 0 aliphatic rings. The van der Waals surface area contributed by atoms with Gasteiger partial charge in [-0.3, -0.25) is 14.3 Å². The van der Waals surface area contributed by atoms with Crippen LogP contribution in [-0.4, -0.2) is 19.7 Å². The summed E-state index contributed by atoms with van der Waals surface area (Å²) in [5, 5.41) is 4.52. The summed E-state index contributed by atoms with van der Waals surface area (Å²) < 4.78 is 46.4. The average molecular weight is 436 g/mol. The Hall–Kier alpha value is -4.01. The van der Waals surface area contributed by atoms with Crippen molar-refractivity contribution in [1.82, 2.24) is 19.7 Å². The van der Waals surface area contributed by atoms with Gasteiger partial charge in [-0.2, -0.15) is 13.2 Å². The topological polar surface area (TPSA) is 73.8 Å². The average Bonchev–Trinajstić information content (AvgIpc) is 3.10. The first-order valence-electron chi connectivity index (χ1n) is 9.66. The summed E-state index contributed by atoms with van der Waals surface area (Å²) in [6.45, 7) is 3.55. The first kappa shape index (κ1) is 19.9. The molecule has 9 heteroatoms. The number of aryl methyl sites for hydroxylation is 2. The lowest BCUT2D eigenvalue weighted by molar-refractivity contribution is -0.137. The monoisotopic (exact) mass is 436 g/mol. The molecule has 0 aliphatic carbocycles. The van der Waals surface area contributed by atoms with Crippen molar-refractivity contribution >= 4 is 21.9 Å². The second-order valence-electron chi connectivity index (χ2n) is 7.38. The summed E-state index contributed by atoms with van der Waals surface area (Å²) in [6, 6.07) is 11.0. The molecule has 5 rings (SSSR count). The van der Waals surface area contributed by atoms with Crippen molar-refractivity contribution in [2.75, 3.05) is 0 Å². The van der Waals surface area contributed by atoms with E-state index in [1.807, 2.05) is 0 Å². The molecule has 160 valence electrons. The van der Waals surface area contributed by atoms with E-state index in [-0.39, 0.29) is 5.69 Å². The minimum absolute atomic E-state index is 0.0902. The van der Waals surface area contributed by atoms with E-state index in [4.69, 9.17) is 9.51 Å². The molecular weight excluding hydrogens is 421 g/mol. The molecule has 4 heterocycles. The highest BCUT2D eigenvalue weighted by molar-refractivity contribution is 6.02. The summed E-state index contributed by atoms with van der Waals surface area (Å²) in [5.74, 6) is 0.581. The second-order valence-corrected chi connectivity index (χ2v) is 7.38. The summed E-state index contributed by atoms with van der Waals surface area (Å²) in [6.07, 6.45) is -2.97. The van der Waals surface area contributed by atoms with Crippen LogP contribution in [-0.2, 0) is 6.18 Å². The maximum Gasteiger partial charge on any atom is 0.416 e. The molecule has 0 radical (unpaired) electrons. The van der Waals surface area contributed by atoms with Gasteiger partial charge in [0.05, 0.1) is 33.5 Å². The fourth-order valence-corrected chi connectivity index (χ4v) is 3.84. The molecule has 0 atom stereocenters. The molecule has 0 fully saturated rings. The van der Waals surface area contributed by atoms with Crippen LogP contribution in [0.3, 0.4) is 0 Å². The van der Waals surface area contributed by atoms with Gasteiger partial charge in [-0.15, -0.1) is 0 Å². The largest absolute Gasteiger partial charge is 0.416 e. The van der Waals surface area contributed by atoms with Crippen LogP contribution in [0.25, 0.3) is 38.9 Å². The number of halogens is 3. The standard InChI is InChI=1S/C23H15F3N4O2/c1-12-20(13(2)32-29-12)17-7-8-18-21(28-17)22-14(11-27-18)6-9-19(31)30(22)16-5-3-4-15(10-16)23(24,25)26/h3-11H,1-2H3. The number of hydrogen-bond donors (Lipinski definition) is 0. The van der Waals surface area contributed by atoms with Crippen molar-refractivity contribution < 1.29 is 17.7 Å². The van der Waals surface area contributed by atoms with E-state index in [0.717, 1.165) is 12.1 Å². The molecule has 0 amide bonds. The zero-order valence-electron chi connectivity index (χ0n) is 16.9. The van der Waals surface area contributed by atoms with E-state index in [1.54, 1.807) is 38.2 Å². The Kier molecular flexibility index (Phi) is 4.37. The van der Waals surface area contributed by atoms with Crippen LogP contribution in [0, 0.1) is 13.8 Å². The summed E-state index contributed by atoms with van der Waals surface area (Å²) >= 11 is 0. The number of pyridine rings is 3. The minimum atomic E-state index is -4.54. The molecule has 6 nitrogen and oxygen atoms in total. The van der Waals surface area contributed by atoms with Crippen LogP contribution in [0.1, 0.15) is 17.0 Å². The SMILES string of the molecule is Cc1noc(C)c1-c1ccc2ncc3ccc(=O)n(-c4cccc(C(F)(F)F)c4)c3c2n1. The van der Waals surface area contributed by atoms with Crippen molar-refractivity contribution in [2.24, 2.45) is 0 Å². The first-order valence-corrected chi connectivity index (χ1v) is 9.66. The van der Waals surface area contributed by atoms with Crippen molar-refractivity contribution in [3.8, 4) is 16.9 Å². The molecule has 0 spiro atoms. The Morgan fingerprint density at radius 3 is 2.56 bits per heavy atom. The summed E-state index contributed by atoms with van der Waals surface area (Å²) in [7, 11) is 0. The molecule has 4 aromatic heterocycles. The van der Waals surface area contributed by atoms with Gasteiger partial charge in [0.25, 0.3) is 5.56 Å². The van der Waals surface area contributed by atoms with Crippen LogP contribution in [0.2, 0.25) is 0 Å². The highest BCUT2D eigenvalue weighted by Gasteiger charge is 2.30. The Morgan fingerprint density at radius 1 is 1.03 bits per heavy atom. The highest BCUT2D eigenvalue weighted by Crippen LogP contribution is 2.32. The van der Waals surface area contributed by atoms with Gasteiger partial charge in [0, 0.05) is 23.3 Å². The van der Waals surface area contributed by atoms with Crippen molar-refractivity contribution in [2.45, 2.75) is 20.0 Å². The van der Waals surface area contributed by atoms with E-state index in [1.165, 1.54) is 22.8 Å². The zero-order chi connectivity index (χ0) is 22.6. The molecule has 5 aromatic rings. The van der Waals surface area contributed by atoms with Crippen LogP contribution in [0.5, 0.6) is 0 Å². The third-order valence-electron chi connectivity index (χ3n) is 5.29. The Balaban J connectivity index is 1.87. The van der Waals surface area contributed by atoms with E-state index < -0.39 is 17.3 Å². The van der Waals surface area contributed by atoms with Gasteiger partial charge >= 0.3 is 6.18 Å². The number of benzene rings is 1. The number of fused-ring (bicyclic) bond motifs is 3. The van der Waals surface area contributed by atoms with E-state index in [0.29, 0.717) is 44.6 Å². The van der Waals surface area contributed by atoms with Crippen LogP contribution < -0.4 is 5.56 Å². The Morgan fingerprint density at radius 2 is 1.84 bits per heavy atom. The molecule has 1 aromatic carbocycles. The number of alkyl halides is 3. The van der Waals surface area contributed by atoms with E-state index in [2.05, 4.69) is 10.1 Å². The van der Waals surface area contributed by atoms with Crippen molar-refractivity contribution in [1.29, 1.82) is 0 Å². The molecule has 0 N–H and O–H groups in total. The molecule has 0 bridgehead atoms. The second kappa shape index (κ2) is 7.01. The predicted octanol–water partition coefficient (Wildman–Crippen LogP) is 5.22. The van der Waals surface area contributed by atoms with Crippen LogP contribution >= 0.6 is 0 Å². The minimum Gasteiger partial charge on any atom is -0.361 e. The van der Waals surface area contributed by atoms with Crippen LogP contribution in [0.4, 0.5) is 13.2 Å². The lowest BCUT2D eigenvalue weighted by atomic mass is 10.1. The lowest BCUT2D eigenvalue weighted by Crippen LogP contribution is -2.18. The lowest BCUT2D eigenvalue weighted by Gasteiger charge is -2.14.